The highest BCUT2D eigenvalue weighted by Crippen LogP contribution is 2.38. The molecule has 40 heavy (non-hydrogen) atoms. The van der Waals surface area contributed by atoms with E-state index >= 15 is 0 Å². The molecule has 1 amide bonds. The van der Waals surface area contributed by atoms with Gasteiger partial charge in [-0.05, 0) is 49.6 Å². The van der Waals surface area contributed by atoms with Crippen molar-refractivity contribution < 1.29 is 23.1 Å². The van der Waals surface area contributed by atoms with Crippen LogP contribution in [0, 0.1) is 6.92 Å². The van der Waals surface area contributed by atoms with Crippen LogP contribution in [0.5, 0.6) is 11.6 Å². The average molecular weight is 583 g/mol. The number of piperidine rings is 1. The highest BCUT2D eigenvalue weighted by molar-refractivity contribution is 7.93. The van der Waals surface area contributed by atoms with E-state index in [2.05, 4.69) is 25.0 Å². The quantitative estimate of drug-likeness (QED) is 0.236. The normalized spacial score (nSPS) is 15.6. The Morgan fingerprint density at radius 1 is 1.12 bits per heavy atom. The van der Waals surface area contributed by atoms with Crippen LogP contribution >= 0.6 is 11.6 Å². The number of aryl methyl sites for hydroxylation is 1. The minimum absolute atomic E-state index is 0.103. The van der Waals surface area contributed by atoms with Gasteiger partial charge in [-0.1, -0.05) is 24.3 Å². The zero-order chi connectivity index (χ0) is 28.3. The molecule has 0 radical (unpaired) electrons. The lowest BCUT2D eigenvalue weighted by atomic mass is 10.0. The molecule has 1 unspecified atom stereocenters. The third-order valence-corrected chi connectivity index (χ3v) is 8.22. The summed E-state index contributed by atoms with van der Waals surface area (Å²) in [4.78, 5) is 26.2. The number of halogens is 1. The molecule has 208 valence electrons. The highest BCUT2D eigenvalue weighted by Gasteiger charge is 2.24. The van der Waals surface area contributed by atoms with E-state index in [1.807, 2.05) is 31.2 Å². The summed E-state index contributed by atoms with van der Waals surface area (Å²) in [6, 6.07) is 14.2. The van der Waals surface area contributed by atoms with Gasteiger partial charge in [-0.2, -0.15) is 0 Å². The number of anilines is 2. The number of pyridine rings is 1. The van der Waals surface area contributed by atoms with E-state index in [0.29, 0.717) is 58.4 Å². The van der Waals surface area contributed by atoms with Gasteiger partial charge in [-0.15, -0.1) is 11.6 Å². The predicted octanol–water partition coefficient (Wildman–Crippen LogP) is 5.28. The van der Waals surface area contributed by atoms with Gasteiger partial charge in [0.1, 0.15) is 11.0 Å². The average Bonchev–Trinajstić information content (AvgIpc) is 2.95. The molecule has 0 saturated carbocycles. The molecule has 2 aromatic carbocycles. The molecule has 4 aromatic rings. The maximum Gasteiger partial charge on any atom is 0.407 e. The van der Waals surface area contributed by atoms with Gasteiger partial charge in [0.25, 0.3) is 0 Å². The highest BCUT2D eigenvalue weighted by atomic mass is 35.5. The third-order valence-electron chi connectivity index (χ3n) is 6.54. The number of amides is 1. The molecule has 1 aliphatic heterocycles. The molecule has 0 bridgehead atoms. The van der Waals surface area contributed by atoms with E-state index in [1.54, 1.807) is 36.7 Å². The largest absolute Gasteiger partial charge is 0.465 e. The van der Waals surface area contributed by atoms with E-state index in [-0.39, 0.29) is 6.04 Å². The number of hydrogen-bond donors (Lipinski definition) is 3. The van der Waals surface area contributed by atoms with Crippen molar-refractivity contribution in [2.24, 2.45) is 0 Å². The summed E-state index contributed by atoms with van der Waals surface area (Å²) in [5.74, 6) is 1.21. The Kier molecular flexibility index (Phi) is 7.90. The number of alkyl halides is 1. The first-order chi connectivity index (χ1) is 19.2. The molecule has 13 heteroatoms. The van der Waals surface area contributed by atoms with Crippen LogP contribution in [0.1, 0.15) is 18.4 Å². The van der Waals surface area contributed by atoms with Gasteiger partial charge in [0.2, 0.25) is 21.9 Å². The molecule has 1 atom stereocenters. The summed E-state index contributed by atoms with van der Waals surface area (Å²) in [5.41, 5.74) is 2.41. The van der Waals surface area contributed by atoms with Gasteiger partial charge in [0.05, 0.1) is 16.9 Å². The van der Waals surface area contributed by atoms with Crippen molar-refractivity contribution in [3.8, 4) is 22.9 Å². The first kappa shape index (κ1) is 27.4. The second-order valence-corrected chi connectivity index (χ2v) is 11.7. The van der Waals surface area contributed by atoms with Crippen LogP contribution in [0.25, 0.3) is 22.0 Å². The Balaban J connectivity index is 1.46. The Morgan fingerprint density at radius 3 is 2.77 bits per heavy atom. The van der Waals surface area contributed by atoms with Crippen molar-refractivity contribution in [3.63, 3.8) is 0 Å². The first-order valence-electron chi connectivity index (χ1n) is 12.5. The zero-order valence-electron chi connectivity index (χ0n) is 21.5. The van der Waals surface area contributed by atoms with Gasteiger partial charge >= 0.3 is 6.09 Å². The fraction of sp³-hybridized carbons (Fsp3) is 0.259. The zero-order valence-corrected chi connectivity index (χ0v) is 23.1. The van der Waals surface area contributed by atoms with E-state index in [4.69, 9.17) is 16.3 Å². The molecule has 0 spiro atoms. The number of carboxylic acid groups (broad SMARTS) is 1. The molecule has 3 heterocycles. The number of aromatic nitrogens is 3. The van der Waals surface area contributed by atoms with Crippen LogP contribution in [0.4, 0.5) is 16.4 Å². The number of carbonyl (C=O) groups is 1. The maximum absolute atomic E-state index is 12.1. The number of sulfonamides is 1. The number of hydrogen-bond acceptors (Lipinski definition) is 8. The van der Waals surface area contributed by atoms with Crippen molar-refractivity contribution in [1.82, 2.24) is 19.9 Å². The lowest BCUT2D eigenvalue weighted by Crippen LogP contribution is -2.44. The van der Waals surface area contributed by atoms with Gasteiger partial charge < -0.3 is 20.1 Å². The van der Waals surface area contributed by atoms with E-state index in [1.165, 1.54) is 4.90 Å². The fourth-order valence-corrected chi connectivity index (χ4v) is 5.38. The number of nitrogens with one attached hydrogen (secondary N) is 2. The standard InChI is InChI=1S/C27H27ClN6O5S/c1-17-9-10-19-20(6-2-8-23(19)33-40(37,38)16-28)24(17)39-25-21(7-3-12-29-25)22-11-13-30-26(32-22)31-18-5-4-14-34(15-18)27(35)36/h2-3,6-13,18,33H,4-5,14-16H2,1H3,(H,35,36)(H,30,31,32). The van der Waals surface area contributed by atoms with E-state index < -0.39 is 21.3 Å². The Bertz CT molecular complexity index is 1670. The van der Waals surface area contributed by atoms with Crippen LogP contribution in [0.15, 0.2) is 60.9 Å². The number of likely N-dealkylation sites (tertiary alicyclic amines) is 1. The fourth-order valence-electron chi connectivity index (χ4n) is 4.65. The molecule has 3 N–H and O–H groups in total. The van der Waals surface area contributed by atoms with Gasteiger partial charge in [0, 0.05) is 42.3 Å². The summed E-state index contributed by atoms with van der Waals surface area (Å²) in [6.45, 7) is 2.76. The van der Waals surface area contributed by atoms with Crippen LogP contribution in [-0.2, 0) is 10.0 Å². The second-order valence-electron chi connectivity index (χ2n) is 9.37. The summed E-state index contributed by atoms with van der Waals surface area (Å²) in [7, 11) is -3.70. The van der Waals surface area contributed by atoms with Crippen LogP contribution in [-0.4, -0.2) is 63.8 Å². The van der Waals surface area contributed by atoms with E-state index in [0.717, 1.165) is 18.4 Å². The third kappa shape index (κ3) is 6.02. The molecule has 5 rings (SSSR count). The topological polar surface area (TPSA) is 147 Å². The molecule has 1 fully saturated rings. The molecule has 1 aliphatic rings. The minimum atomic E-state index is -3.70. The number of fused-ring (bicyclic) bond motifs is 1. The Morgan fingerprint density at radius 2 is 1.98 bits per heavy atom. The Labute approximate surface area is 236 Å². The van der Waals surface area contributed by atoms with Crippen LogP contribution < -0.4 is 14.8 Å². The summed E-state index contributed by atoms with van der Waals surface area (Å²) in [5, 5.41) is 13.4. The number of benzene rings is 2. The van der Waals surface area contributed by atoms with Gasteiger partial charge in [0.15, 0.2) is 0 Å². The second kappa shape index (κ2) is 11.5. The minimum Gasteiger partial charge on any atom is -0.465 e. The number of nitrogens with zero attached hydrogens (tertiary/aromatic N) is 4. The summed E-state index contributed by atoms with van der Waals surface area (Å²) in [6.07, 6.45) is 3.86. The van der Waals surface area contributed by atoms with Gasteiger partial charge in [-0.3, -0.25) is 4.72 Å². The molecule has 2 aromatic heterocycles. The molecular formula is C27H27ClN6O5S. The lowest BCUT2D eigenvalue weighted by Gasteiger charge is -2.31. The molecular weight excluding hydrogens is 556 g/mol. The first-order valence-corrected chi connectivity index (χ1v) is 14.7. The lowest BCUT2D eigenvalue weighted by molar-refractivity contribution is 0.132. The summed E-state index contributed by atoms with van der Waals surface area (Å²) < 4.78 is 33.2. The maximum atomic E-state index is 12.1. The molecule has 1 saturated heterocycles. The van der Waals surface area contributed by atoms with Crippen LogP contribution in [0.3, 0.4) is 0 Å². The van der Waals surface area contributed by atoms with Crippen molar-refractivity contribution in [2.75, 3.05) is 28.3 Å². The SMILES string of the molecule is Cc1ccc2c(NS(=O)(=O)CCl)cccc2c1Oc1ncccc1-c1ccnc(NC2CCCN(C(=O)O)C2)n1. The van der Waals surface area contributed by atoms with Crippen molar-refractivity contribution in [2.45, 2.75) is 25.8 Å². The predicted molar refractivity (Wildman–Crippen MR) is 154 cm³/mol. The van der Waals surface area contributed by atoms with Crippen LogP contribution in [0.2, 0.25) is 0 Å². The smallest absolute Gasteiger partial charge is 0.407 e. The van der Waals surface area contributed by atoms with E-state index in [9.17, 15) is 18.3 Å². The van der Waals surface area contributed by atoms with Crippen molar-refractivity contribution in [1.29, 1.82) is 0 Å². The van der Waals surface area contributed by atoms with Gasteiger partial charge in [-0.25, -0.2) is 28.2 Å². The Hall–Kier alpha value is -4.16. The summed E-state index contributed by atoms with van der Waals surface area (Å²) >= 11 is 5.59. The van der Waals surface area contributed by atoms with Crippen molar-refractivity contribution in [3.05, 3.63) is 66.5 Å². The van der Waals surface area contributed by atoms with Crippen molar-refractivity contribution >= 4 is 50.1 Å². The molecule has 0 aliphatic carbocycles. The number of ether oxygens (including phenoxy) is 1. The number of rotatable bonds is 8. The monoisotopic (exact) mass is 582 g/mol. The molecule has 11 nitrogen and oxygen atoms in total.